The molecule has 0 aliphatic heterocycles. The van der Waals surface area contributed by atoms with Crippen LogP contribution in [0.5, 0.6) is 0 Å². The molecule has 0 heterocycles. The summed E-state index contributed by atoms with van der Waals surface area (Å²) in [5.41, 5.74) is -0.564. The minimum Gasteiger partial charge on any atom is -0.481 e. The van der Waals surface area contributed by atoms with Crippen LogP contribution in [0.4, 0.5) is 4.79 Å². The van der Waals surface area contributed by atoms with E-state index in [9.17, 15) is 14.7 Å². The number of hydrogen-bond donors (Lipinski definition) is 2. The summed E-state index contributed by atoms with van der Waals surface area (Å²) in [6.07, 6.45) is 5.86. The van der Waals surface area contributed by atoms with Crippen LogP contribution in [0.3, 0.4) is 0 Å². The van der Waals surface area contributed by atoms with Crippen molar-refractivity contribution >= 4 is 12.1 Å². The van der Waals surface area contributed by atoms with E-state index in [-0.39, 0.29) is 12.5 Å². The predicted octanol–water partition coefficient (Wildman–Crippen LogP) is 3.18. The number of carbonyl (C=O) groups is 2. The number of amides is 1. The first-order valence-corrected chi connectivity index (χ1v) is 7.49. The number of nitrogens with one attached hydrogen (secondary N) is 1. The molecule has 1 amide bonds. The number of alkyl carbamates (subject to hydrolysis) is 1. The summed E-state index contributed by atoms with van der Waals surface area (Å²) in [5.74, 6) is -1.18. The van der Waals surface area contributed by atoms with Gasteiger partial charge in [0, 0.05) is 6.54 Å². The van der Waals surface area contributed by atoms with Gasteiger partial charge in [0.2, 0.25) is 0 Å². The molecule has 0 bridgehead atoms. The molecule has 0 aromatic carbocycles. The van der Waals surface area contributed by atoms with Gasteiger partial charge in [0.05, 0.1) is 5.92 Å². The average molecular weight is 285 g/mol. The van der Waals surface area contributed by atoms with Crippen LogP contribution in [-0.2, 0) is 9.53 Å². The second-order valence-electron chi connectivity index (χ2n) is 6.58. The van der Waals surface area contributed by atoms with Gasteiger partial charge in [-0.25, -0.2) is 4.79 Å². The Balaban J connectivity index is 2.50. The van der Waals surface area contributed by atoms with Gasteiger partial charge in [0.15, 0.2) is 0 Å². The Hall–Kier alpha value is -1.26. The van der Waals surface area contributed by atoms with Crippen LogP contribution in [0.2, 0.25) is 0 Å². The van der Waals surface area contributed by atoms with Crippen molar-refractivity contribution in [2.24, 2.45) is 11.8 Å². The van der Waals surface area contributed by atoms with E-state index in [0.717, 1.165) is 25.7 Å². The van der Waals surface area contributed by atoms with Gasteiger partial charge in [-0.05, 0) is 39.5 Å². The van der Waals surface area contributed by atoms with Crippen molar-refractivity contribution in [3.05, 3.63) is 0 Å². The van der Waals surface area contributed by atoms with Gasteiger partial charge in [-0.15, -0.1) is 0 Å². The zero-order valence-electron chi connectivity index (χ0n) is 12.8. The van der Waals surface area contributed by atoms with Crippen LogP contribution < -0.4 is 5.32 Å². The van der Waals surface area contributed by atoms with E-state index in [2.05, 4.69) is 5.32 Å². The first-order chi connectivity index (χ1) is 9.29. The highest BCUT2D eigenvalue weighted by Gasteiger charge is 2.29. The molecule has 0 radical (unpaired) electrons. The third-order valence-electron chi connectivity index (χ3n) is 3.65. The standard InChI is InChI=1S/C15H27NO4/c1-15(2,3)20-14(19)16-10-12(13(17)18)11-8-6-4-5-7-9-11/h11-12H,4-10H2,1-3H3,(H,16,19)(H,17,18). The number of carboxylic acids is 1. The van der Waals surface area contributed by atoms with Gasteiger partial charge >= 0.3 is 12.1 Å². The van der Waals surface area contributed by atoms with E-state index in [0.29, 0.717) is 0 Å². The van der Waals surface area contributed by atoms with Crippen LogP contribution >= 0.6 is 0 Å². The van der Waals surface area contributed by atoms with Crippen molar-refractivity contribution in [1.29, 1.82) is 0 Å². The molecule has 1 unspecified atom stereocenters. The van der Waals surface area contributed by atoms with E-state index in [1.165, 1.54) is 12.8 Å². The lowest BCUT2D eigenvalue weighted by Gasteiger charge is -2.24. The fourth-order valence-electron chi connectivity index (χ4n) is 2.68. The molecule has 1 atom stereocenters. The molecule has 5 heteroatoms. The Kier molecular flexibility index (Phi) is 6.30. The van der Waals surface area contributed by atoms with Crippen molar-refractivity contribution in [1.82, 2.24) is 5.32 Å². The highest BCUT2D eigenvalue weighted by Crippen LogP contribution is 2.29. The number of aliphatic carboxylic acids is 1. The van der Waals surface area contributed by atoms with E-state index in [4.69, 9.17) is 4.74 Å². The molecule has 5 nitrogen and oxygen atoms in total. The first-order valence-electron chi connectivity index (χ1n) is 7.49. The maximum absolute atomic E-state index is 11.6. The summed E-state index contributed by atoms with van der Waals surface area (Å²) in [5, 5.41) is 12.0. The smallest absolute Gasteiger partial charge is 0.407 e. The second-order valence-corrected chi connectivity index (χ2v) is 6.58. The van der Waals surface area contributed by atoms with Gasteiger partial charge < -0.3 is 15.2 Å². The van der Waals surface area contributed by atoms with Crippen molar-refractivity contribution < 1.29 is 19.4 Å². The normalized spacial score (nSPS) is 18.9. The zero-order valence-corrected chi connectivity index (χ0v) is 12.8. The Morgan fingerprint density at radius 1 is 1.20 bits per heavy atom. The largest absolute Gasteiger partial charge is 0.481 e. The second kappa shape index (κ2) is 7.50. The summed E-state index contributed by atoms with van der Waals surface area (Å²) >= 11 is 0. The Morgan fingerprint density at radius 3 is 2.20 bits per heavy atom. The third kappa shape index (κ3) is 6.26. The molecule has 0 spiro atoms. The highest BCUT2D eigenvalue weighted by atomic mass is 16.6. The fourth-order valence-corrected chi connectivity index (χ4v) is 2.68. The topological polar surface area (TPSA) is 75.6 Å². The molecule has 116 valence electrons. The summed E-state index contributed by atoms with van der Waals surface area (Å²) in [6.45, 7) is 5.50. The molecule has 1 rings (SSSR count). The lowest BCUT2D eigenvalue weighted by molar-refractivity contribution is -0.143. The molecule has 1 aliphatic rings. The lowest BCUT2D eigenvalue weighted by atomic mass is 9.86. The fraction of sp³-hybridized carbons (Fsp3) is 0.867. The van der Waals surface area contributed by atoms with Crippen LogP contribution in [-0.4, -0.2) is 29.3 Å². The SMILES string of the molecule is CC(C)(C)OC(=O)NCC(C(=O)O)C1CCCCCC1. The van der Waals surface area contributed by atoms with E-state index >= 15 is 0 Å². The quantitative estimate of drug-likeness (QED) is 0.778. The van der Waals surface area contributed by atoms with Crippen molar-refractivity contribution in [2.75, 3.05) is 6.54 Å². The molecule has 2 N–H and O–H groups in total. The molecular weight excluding hydrogens is 258 g/mol. The number of rotatable bonds is 4. The van der Waals surface area contributed by atoms with Crippen molar-refractivity contribution in [3.63, 3.8) is 0 Å². The maximum Gasteiger partial charge on any atom is 0.407 e. The van der Waals surface area contributed by atoms with E-state index in [1.54, 1.807) is 20.8 Å². The van der Waals surface area contributed by atoms with Crippen molar-refractivity contribution in [2.45, 2.75) is 64.9 Å². The Bertz CT molecular complexity index is 327. The summed E-state index contributed by atoms with van der Waals surface area (Å²) in [7, 11) is 0. The van der Waals surface area contributed by atoms with Crippen LogP contribution in [0, 0.1) is 11.8 Å². The number of carboxylic acid groups (broad SMARTS) is 1. The van der Waals surface area contributed by atoms with Gasteiger partial charge in [0.25, 0.3) is 0 Å². The number of carbonyl (C=O) groups excluding carboxylic acids is 1. The van der Waals surface area contributed by atoms with Crippen molar-refractivity contribution in [3.8, 4) is 0 Å². The Labute approximate surface area is 121 Å². The van der Waals surface area contributed by atoms with Crippen LogP contribution in [0.15, 0.2) is 0 Å². The van der Waals surface area contributed by atoms with Crippen LogP contribution in [0.25, 0.3) is 0 Å². The Morgan fingerprint density at radius 2 is 1.75 bits per heavy atom. The maximum atomic E-state index is 11.6. The van der Waals surface area contributed by atoms with Gasteiger partial charge in [0.1, 0.15) is 5.60 Å². The predicted molar refractivity (Wildman–Crippen MR) is 76.6 cm³/mol. The van der Waals surface area contributed by atoms with Gasteiger partial charge in [-0.1, -0.05) is 25.7 Å². The summed E-state index contributed by atoms with van der Waals surface area (Å²) < 4.78 is 5.14. The average Bonchev–Trinajstić information content (AvgIpc) is 2.55. The molecule has 20 heavy (non-hydrogen) atoms. The van der Waals surface area contributed by atoms with E-state index in [1.807, 2.05) is 0 Å². The molecule has 1 fully saturated rings. The highest BCUT2D eigenvalue weighted by molar-refractivity contribution is 5.73. The minimum atomic E-state index is -0.826. The monoisotopic (exact) mass is 285 g/mol. The summed E-state index contributed by atoms with van der Waals surface area (Å²) in [4.78, 5) is 23.0. The lowest BCUT2D eigenvalue weighted by Crippen LogP contribution is -2.39. The first kappa shape index (κ1) is 16.8. The molecule has 0 saturated heterocycles. The zero-order chi connectivity index (χ0) is 15.2. The summed E-state index contributed by atoms with van der Waals surface area (Å²) in [6, 6.07) is 0. The molecular formula is C15H27NO4. The van der Waals surface area contributed by atoms with E-state index < -0.39 is 23.6 Å². The molecule has 1 aliphatic carbocycles. The number of ether oxygens (including phenoxy) is 1. The number of hydrogen-bond acceptors (Lipinski definition) is 3. The van der Waals surface area contributed by atoms with Gasteiger partial charge in [-0.2, -0.15) is 0 Å². The van der Waals surface area contributed by atoms with Crippen LogP contribution in [0.1, 0.15) is 59.3 Å². The third-order valence-corrected chi connectivity index (χ3v) is 3.65. The van der Waals surface area contributed by atoms with Gasteiger partial charge in [-0.3, -0.25) is 4.79 Å². The molecule has 0 aromatic rings. The molecule has 1 saturated carbocycles. The molecule has 0 aromatic heterocycles. The minimum absolute atomic E-state index is 0.148.